The minimum atomic E-state index is -0.180. The Bertz CT molecular complexity index is 850. The first-order valence-electron chi connectivity index (χ1n) is 9.19. The van der Waals surface area contributed by atoms with Gasteiger partial charge in [-0.2, -0.15) is 0 Å². The number of carbonyl (C=O) groups excluding carboxylic acids is 1. The zero-order valence-electron chi connectivity index (χ0n) is 15.6. The number of benzene rings is 3. The highest BCUT2D eigenvalue weighted by Crippen LogP contribution is 2.27. The van der Waals surface area contributed by atoms with Gasteiger partial charge in [0, 0.05) is 31.4 Å². The van der Waals surface area contributed by atoms with Crippen molar-refractivity contribution in [1.82, 2.24) is 5.32 Å². The van der Waals surface area contributed by atoms with Crippen molar-refractivity contribution >= 4 is 17.4 Å². The lowest BCUT2D eigenvalue weighted by Gasteiger charge is -2.19. The zero-order valence-corrected chi connectivity index (χ0v) is 15.6. The highest BCUT2D eigenvalue weighted by atomic mass is 16.2. The summed E-state index contributed by atoms with van der Waals surface area (Å²) in [5.74, 6) is 0. The van der Waals surface area contributed by atoms with Crippen LogP contribution in [0.3, 0.4) is 0 Å². The normalized spacial score (nSPS) is 10.3. The van der Waals surface area contributed by atoms with Gasteiger partial charge < -0.3 is 15.5 Å². The number of nitrogens with zero attached hydrogens (tertiary/aromatic N) is 1. The monoisotopic (exact) mass is 359 g/mol. The van der Waals surface area contributed by atoms with Crippen LogP contribution in [-0.2, 0) is 0 Å². The van der Waals surface area contributed by atoms with Gasteiger partial charge in [-0.25, -0.2) is 4.79 Å². The van der Waals surface area contributed by atoms with Crippen LogP contribution in [0.4, 0.5) is 16.2 Å². The molecular formula is C23H25N3O. The highest BCUT2D eigenvalue weighted by Gasteiger charge is 2.07. The molecule has 3 rings (SSSR count). The molecule has 0 radical (unpaired) electrons. The summed E-state index contributed by atoms with van der Waals surface area (Å²) in [7, 11) is 2.06. The van der Waals surface area contributed by atoms with Crippen molar-refractivity contribution in [2.75, 3.05) is 30.4 Å². The lowest BCUT2D eigenvalue weighted by atomic mass is 10.0. The van der Waals surface area contributed by atoms with E-state index < -0.39 is 0 Å². The Hall–Kier alpha value is -3.27. The molecule has 0 aliphatic heterocycles. The molecule has 0 bridgehead atoms. The van der Waals surface area contributed by atoms with Crippen molar-refractivity contribution in [3.8, 4) is 11.1 Å². The Labute approximate surface area is 160 Å². The Morgan fingerprint density at radius 2 is 1.48 bits per heavy atom. The van der Waals surface area contributed by atoms with Crippen LogP contribution in [0, 0.1) is 0 Å². The number of para-hydroxylation sites is 2. The van der Waals surface area contributed by atoms with E-state index in [4.69, 9.17) is 0 Å². The van der Waals surface area contributed by atoms with Gasteiger partial charge in [-0.1, -0.05) is 66.7 Å². The summed E-state index contributed by atoms with van der Waals surface area (Å²) in [6.07, 6.45) is 0.874. The Morgan fingerprint density at radius 1 is 0.852 bits per heavy atom. The predicted octanol–water partition coefficient (Wildman–Crippen LogP) is 5.00. The average molecular weight is 359 g/mol. The topological polar surface area (TPSA) is 44.4 Å². The first-order chi connectivity index (χ1) is 13.2. The van der Waals surface area contributed by atoms with E-state index in [2.05, 4.69) is 34.7 Å². The van der Waals surface area contributed by atoms with Crippen molar-refractivity contribution in [1.29, 1.82) is 0 Å². The van der Waals surface area contributed by atoms with Crippen LogP contribution in [0.5, 0.6) is 0 Å². The lowest BCUT2D eigenvalue weighted by Crippen LogP contribution is -2.31. The molecule has 3 aromatic rings. The average Bonchev–Trinajstić information content (AvgIpc) is 2.73. The maximum absolute atomic E-state index is 12.3. The molecule has 0 aromatic heterocycles. The van der Waals surface area contributed by atoms with E-state index in [0.717, 1.165) is 29.8 Å². The number of amides is 2. The molecule has 0 saturated carbocycles. The molecule has 0 heterocycles. The fourth-order valence-electron chi connectivity index (χ4n) is 2.96. The molecule has 4 heteroatoms. The summed E-state index contributed by atoms with van der Waals surface area (Å²) in [4.78, 5) is 14.5. The van der Waals surface area contributed by atoms with E-state index in [-0.39, 0.29) is 6.03 Å². The number of hydrogen-bond acceptors (Lipinski definition) is 2. The van der Waals surface area contributed by atoms with Crippen molar-refractivity contribution < 1.29 is 4.79 Å². The molecule has 3 aromatic carbocycles. The van der Waals surface area contributed by atoms with Crippen LogP contribution in [0.15, 0.2) is 84.9 Å². The van der Waals surface area contributed by atoms with E-state index >= 15 is 0 Å². The van der Waals surface area contributed by atoms with Crippen LogP contribution in [-0.4, -0.2) is 26.2 Å². The molecule has 0 unspecified atom stereocenters. The summed E-state index contributed by atoms with van der Waals surface area (Å²) in [5, 5.41) is 5.91. The number of hydrogen-bond donors (Lipinski definition) is 2. The van der Waals surface area contributed by atoms with Gasteiger partial charge in [0.1, 0.15) is 0 Å². The van der Waals surface area contributed by atoms with E-state index in [1.54, 1.807) is 0 Å². The Morgan fingerprint density at radius 3 is 2.22 bits per heavy atom. The van der Waals surface area contributed by atoms with Gasteiger partial charge in [0.25, 0.3) is 0 Å². The largest absolute Gasteiger partial charge is 0.375 e. The first-order valence-corrected chi connectivity index (χ1v) is 9.19. The van der Waals surface area contributed by atoms with Gasteiger partial charge >= 0.3 is 6.03 Å². The van der Waals surface area contributed by atoms with Crippen molar-refractivity contribution in [2.24, 2.45) is 0 Å². The molecule has 0 atom stereocenters. The Kier molecular flexibility index (Phi) is 6.47. The van der Waals surface area contributed by atoms with Crippen LogP contribution in [0.1, 0.15) is 6.42 Å². The van der Waals surface area contributed by atoms with Gasteiger partial charge in [0.05, 0.1) is 5.69 Å². The third kappa shape index (κ3) is 5.35. The maximum atomic E-state index is 12.3. The molecule has 0 aliphatic rings. The molecule has 4 nitrogen and oxygen atoms in total. The first kappa shape index (κ1) is 18.5. The maximum Gasteiger partial charge on any atom is 0.319 e. The summed E-state index contributed by atoms with van der Waals surface area (Å²) < 4.78 is 0. The second-order valence-corrected chi connectivity index (χ2v) is 6.40. The molecule has 138 valence electrons. The molecular weight excluding hydrogens is 334 g/mol. The van der Waals surface area contributed by atoms with Crippen LogP contribution in [0.2, 0.25) is 0 Å². The van der Waals surface area contributed by atoms with E-state index in [9.17, 15) is 4.79 Å². The van der Waals surface area contributed by atoms with Gasteiger partial charge in [-0.05, 0) is 30.2 Å². The molecule has 2 amide bonds. The molecule has 2 N–H and O–H groups in total. The van der Waals surface area contributed by atoms with E-state index in [1.807, 2.05) is 72.8 Å². The van der Waals surface area contributed by atoms with Crippen LogP contribution in [0.25, 0.3) is 11.1 Å². The van der Waals surface area contributed by atoms with Gasteiger partial charge in [0.15, 0.2) is 0 Å². The summed E-state index contributed by atoms with van der Waals surface area (Å²) in [6.45, 7) is 1.50. The minimum absolute atomic E-state index is 0.180. The summed E-state index contributed by atoms with van der Waals surface area (Å²) >= 11 is 0. The standard InChI is InChI=1S/C23H25N3O/c1-26(20-13-6-3-7-14-20)18-10-17-24-23(27)25-22-16-9-8-15-21(22)19-11-4-2-5-12-19/h2-9,11-16H,10,17-18H2,1H3,(H2,24,25,27). The second-order valence-electron chi connectivity index (χ2n) is 6.40. The van der Waals surface area contributed by atoms with E-state index in [0.29, 0.717) is 6.54 Å². The molecule has 27 heavy (non-hydrogen) atoms. The van der Waals surface area contributed by atoms with E-state index in [1.165, 1.54) is 5.69 Å². The highest BCUT2D eigenvalue weighted by molar-refractivity contribution is 5.94. The number of carbonyl (C=O) groups is 1. The number of anilines is 2. The fourth-order valence-corrected chi connectivity index (χ4v) is 2.96. The molecule has 0 spiro atoms. The van der Waals surface area contributed by atoms with Gasteiger partial charge in [0.2, 0.25) is 0 Å². The predicted molar refractivity (Wildman–Crippen MR) is 113 cm³/mol. The third-order valence-electron chi connectivity index (χ3n) is 4.41. The number of urea groups is 1. The minimum Gasteiger partial charge on any atom is -0.375 e. The fraction of sp³-hybridized carbons (Fsp3) is 0.174. The van der Waals surface area contributed by atoms with Gasteiger partial charge in [-0.15, -0.1) is 0 Å². The molecule has 0 saturated heterocycles. The zero-order chi connectivity index (χ0) is 18.9. The summed E-state index contributed by atoms with van der Waals surface area (Å²) in [5.41, 5.74) is 4.08. The van der Waals surface area contributed by atoms with Crippen LogP contribution < -0.4 is 15.5 Å². The van der Waals surface area contributed by atoms with Crippen molar-refractivity contribution in [3.05, 3.63) is 84.9 Å². The Balaban J connectivity index is 1.49. The quantitative estimate of drug-likeness (QED) is 0.583. The van der Waals surface area contributed by atoms with Crippen LogP contribution >= 0.6 is 0 Å². The van der Waals surface area contributed by atoms with Crippen molar-refractivity contribution in [2.45, 2.75) is 6.42 Å². The smallest absolute Gasteiger partial charge is 0.319 e. The van der Waals surface area contributed by atoms with Crippen molar-refractivity contribution in [3.63, 3.8) is 0 Å². The van der Waals surface area contributed by atoms with Gasteiger partial charge in [-0.3, -0.25) is 0 Å². The third-order valence-corrected chi connectivity index (χ3v) is 4.41. The molecule has 0 aliphatic carbocycles. The second kappa shape index (κ2) is 9.43. The lowest BCUT2D eigenvalue weighted by molar-refractivity contribution is 0.252. The summed E-state index contributed by atoms with van der Waals surface area (Å²) in [6, 6.07) is 28.0. The SMILES string of the molecule is CN(CCCNC(=O)Nc1ccccc1-c1ccccc1)c1ccccc1. The molecule has 0 fully saturated rings. The number of rotatable bonds is 7. The number of nitrogens with one attached hydrogen (secondary N) is 2.